The van der Waals surface area contributed by atoms with Gasteiger partial charge in [-0.2, -0.15) is 0 Å². The molecule has 1 N–H and O–H groups in total. The number of halogens is 2. The minimum atomic E-state index is -1.05. The second-order valence-electron chi connectivity index (χ2n) is 2.69. The lowest BCUT2D eigenvalue weighted by Crippen LogP contribution is -1.89. The summed E-state index contributed by atoms with van der Waals surface area (Å²) in [6.07, 6.45) is 0. The number of thiophene rings is 1. The summed E-state index contributed by atoms with van der Waals surface area (Å²) < 4.78 is 13.9. The van der Waals surface area contributed by atoms with Crippen molar-refractivity contribution in [3.05, 3.63) is 33.9 Å². The molecule has 1 heterocycles. The third-order valence-corrected chi connectivity index (χ3v) is 3.18. The number of rotatable bonds is 1. The van der Waals surface area contributed by atoms with Crippen molar-refractivity contribution in [2.75, 3.05) is 0 Å². The van der Waals surface area contributed by atoms with Crippen LogP contribution in [0.4, 0.5) is 4.39 Å². The Balaban J connectivity index is 2.77. The van der Waals surface area contributed by atoms with Crippen LogP contribution < -0.4 is 0 Å². The van der Waals surface area contributed by atoms with Gasteiger partial charge in [-0.3, -0.25) is 0 Å². The number of hydrogen-bond donors (Lipinski definition) is 1. The van der Waals surface area contributed by atoms with Crippen molar-refractivity contribution < 1.29 is 14.3 Å². The van der Waals surface area contributed by atoms with Gasteiger partial charge in [0, 0.05) is 10.1 Å². The fourth-order valence-corrected chi connectivity index (χ4v) is 2.22. The summed E-state index contributed by atoms with van der Waals surface area (Å²) >= 11 is 6.59. The number of carbonyl (C=O) groups is 1. The summed E-state index contributed by atoms with van der Waals surface area (Å²) in [5.41, 5.74) is 0. The van der Waals surface area contributed by atoms with E-state index in [0.29, 0.717) is 4.70 Å². The fraction of sp³-hybridized carbons (Fsp3) is 0. The van der Waals surface area contributed by atoms with Crippen molar-refractivity contribution in [3.63, 3.8) is 0 Å². The number of fused-ring (bicyclic) bond motifs is 1. The molecule has 0 saturated carbocycles. The van der Waals surface area contributed by atoms with Crippen molar-refractivity contribution in [1.29, 1.82) is 0 Å². The maximum Gasteiger partial charge on any atom is 0.345 e. The summed E-state index contributed by atoms with van der Waals surface area (Å²) in [5.74, 6) is -1.62. The Morgan fingerprint density at radius 2 is 2.21 bits per heavy atom. The molecule has 0 atom stereocenters. The number of carboxylic acid groups (broad SMARTS) is 1. The average molecular weight is 231 g/mol. The van der Waals surface area contributed by atoms with Crippen LogP contribution in [-0.4, -0.2) is 11.1 Å². The van der Waals surface area contributed by atoms with Gasteiger partial charge >= 0.3 is 5.97 Å². The lowest BCUT2D eigenvalue weighted by molar-refractivity contribution is 0.0702. The smallest absolute Gasteiger partial charge is 0.345 e. The second-order valence-corrected chi connectivity index (χ2v) is 4.18. The molecule has 2 rings (SSSR count). The van der Waals surface area contributed by atoms with E-state index in [0.717, 1.165) is 11.3 Å². The Kier molecular flexibility index (Phi) is 2.17. The van der Waals surface area contributed by atoms with Crippen molar-refractivity contribution >= 4 is 39.0 Å². The van der Waals surface area contributed by atoms with Crippen LogP contribution in [0.2, 0.25) is 5.02 Å². The first-order valence-corrected chi connectivity index (χ1v) is 4.90. The van der Waals surface area contributed by atoms with Crippen molar-refractivity contribution in [3.8, 4) is 0 Å². The standard InChI is InChI=1S/C9H4ClFO2S/c10-5-1-2-6-4(8(5)11)3-7(14-6)9(12)13/h1-3H,(H,12,13). The molecule has 14 heavy (non-hydrogen) atoms. The monoisotopic (exact) mass is 230 g/mol. The molecule has 2 aromatic rings. The van der Waals surface area contributed by atoms with Gasteiger partial charge in [0.1, 0.15) is 10.7 Å². The van der Waals surface area contributed by atoms with E-state index in [-0.39, 0.29) is 15.3 Å². The topological polar surface area (TPSA) is 37.3 Å². The molecule has 0 radical (unpaired) electrons. The van der Waals surface area contributed by atoms with Crippen LogP contribution in [0.1, 0.15) is 9.67 Å². The first kappa shape index (κ1) is 9.43. The summed E-state index contributed by atoms with van der Waals surface area (Å²) in [6.45, 7) is 0. The third kappa shape index (κ3) is 1.36. The van der Waals surface area contributed by atoms with E-state index < -0.39 is 11.8 Å². The quantitative estimate of drug-likeness (QED) is 0.815. The highest BCUT2D eigenvalue weighted by Gasteiger charge is 2.12. The Morgan fingerprint density at radius 1 is 1.50 bits per heavy atom. The van der Waals surface area contributed by atoms with Gasteiger partial charge in [0.15, 0.2) is 0 Å². The summed E-state index contributed by atoms with van der Waals surface area (Å²) in [5, 5.41) is 8.97. The number of carboxylic acids is 1. The Bertz CT molecular complexity index is 521. The van der Waals surface area contributed by atoms with E-state index in [2.05, 4.69) is 0 Å². The summed E-state index contributed by atoms with van der Waals surface area (Å²) in [6, 6.07) is 4.32. The van der Waals surface area contributed by atoms with Crippen LogP contribution in [-0.2, 0) is 0 Å². The van der Waals surface area contributed by atoms with Crippen LogP contribution >= 0.6 is 22.9 Å². The Hall–Kier alpha value is -1.13. The highest BCUT2D eigenvalue weighted by atomic mass is 35.5. The molecule has 0 unspecified atom stereocenters. The molecule has 0 aliphatic heterocycles. The van der Waals surface area contributed by atoms with Gasteiger partial charge in [-0.05, 0) is 18.2 Å². The highest BCUT2D eigenvalue weighted by Crippen LogP contribution is 2.31. The van der Waals surface area contributed by atoms with E-state index in [1.807, 2.05) is 0 Å². The number of hydrogen-bond acceptors (Lipinski definition) is 2. The molecule has 1 aromatic carbocycles. The van der Waals surface area contributed by atoms with Crippen LogP contribution in [0.5, 0.6) is 0 Å². The molecule has 0 bridgehead atoms. The molecule has 72 valence electrons. The van der Waals surface area contributed by atoms with Crippen molar-refractivity contribution in [1.82, 2.24) is 0 Å². The van der Waals surface area contributed by atoms with Gasteiger partial charge < -0.3 is 5.11 Å². The molecular weight excluding hydrogens is 227 g/mol. The Morgan fingerprint density at radius 3 is 2.86 bits per heavy atom. The van der Waals surface area contributed by atoms with Crippen molar-refractivity contribution in [2.45, 2.75) is 0 Å². The average Bonchev–Trinajstić information content (AvgIpc) is 2.56. The fourth-order valence-electron chi connectivity index (χ4n) is 1.16. The SMILES string of the molecule is O=C(O)c1cc2c(F)c(Cl)ccc2s1. The predicted octanol–water partition coefficient (Wildman–Crippen LogP) is 3.39. The van der Waals surface area contributed by atoms with E-state index in [9.17, 15) is 9.18 Å². The van der Waals surface area contributed by atoms with E-state index >= 15 is 0 Å². The Labute approximate surface area is 87.5 Å². The lowest BCUT2D eigenvalue weighted by Gasteiger charge is -1.93. The van der Waals surface area contributed by atoms with E-state index in [1.54, 1.807) is 6.07 Å². The zero-order chi connectivity index (χ0) is 10.3. The van der Waals surface area contributed by atoms with Gasteiger partial charge in [-0.25, -0.2) is 9.18 Å². The van der Waals surface area contributed by atoms with Crippen molar-refractivity contribution in [2.24, 2.45) is 0 Å². The molecule has 0 aliphatic carbocycles. The molecule has 1 aromatic heterocycles. The zero-order valence-corrected chi connectivity index (χ0v) is 8.32. The summed E-state index contributed by atoms with van der Waals surface area (Å²) in [4.78, 5) is 10.7. The van der Waals surface area contributed by atoms with Gasteiger partial charge in [0.05, 0.1) is 5.02 Å². The number of benzene rings is 1. The molecule has 5 heteroatoms. The zero-order valence-electron chi connectivity index (χ0n) is 6.75. The molecule has 0 saturated heterocycles. The largest absolute Gasteiger partial charge is 0.477 e. The normalized spacial score (nSPS) is 10.7. The first-order valence-electron chi connectivity index (χ1n) is 3.70. The molecule has 0 fully saturated rings. The van der Waals surface area contributed by atoms with Gasteiger partial charge in [-0.15, -0.1) is 11.3 Å². The minimum absolute atomic E-state index is 0.00670. The highest BCUT2D eigenvalue weighted by molar-refractivity contribution is 7.20. The van der Waals surface area contributed by atoms with E-state index in [1.165, 1.54) is 12.1 Å². The van der Waals surface area contributed by atoms with Crippen LogP contribution in [0.25, 0.3) is 10.1 Å². The third-order valence-electron chi connectivity index (χ3n) is 1.80. The van der Waals surface area contributed by atoms with Gasteiger partial charge in [-0.1, -0.05) is 11.6 Å². The molecule has 0 spiro atoms. The molecule has 0 aliphatic rings. The van der Waals surface area contributed by atoms with E-state index in [4.69, 9.17) is 16.7 Å². The van der Waals surface area contributed by atoms with Crippen LogP contribution in [0.15, 0.2) is 18.2 Å². The molecular formula is C9H4ClFO2S. The predicted molar refractivity (Wildman–Crippen MR) is 53.8 cm³/mol. The van der Waals surface area contributed by atoms with Crippen LogP contribution in [0, 0.1) is 5.82 Å². The van der Waals surface area contributed by atoms with Gasteiger partial charge in [0.2, 0.25) is 0 Å². The second kappa shape index (κ2) is 3.22. The van der Waals surface area contributed by atoms with Crippen LogP contribution in [0.3, 0.4) is 0 Å². The maximum absolute atomic E-state index is 13.4. The number of aromatic carboxylic acids is 1. The lowest BCUT2D eigenvalue weighted by atomic mass is 10.2. The van der Waals surface area contributed by atoms with Gasteiger partial charge in [0.25, 0.3) is 0 Å². The molecule has 0 amide bonds. The summed E-state index contributed by atoms with van der Waals surface area (Å²) in [7, 11) is 0. The maximum atomic E-state index is 13.4. The first-order chi connectivity index (χ1) is 6.59. The minimum Gasteiger partial charge on any atom is -0.477 e. The molecule has 2 nitrogen and oxygen atoms in total.